The fourth-order valence-electron chi connectivity index (χ4n) is 3.87. The Hall–Kier alpha value is -3.53. The lowest BCUT2D eigenvalue weighted by molar-refractivity contribution is -0.137. The summed E-state index contributed by atoms with van der Waals surface area (Å²) in [7, 11) is -2.72. The molecular formula is C25H24F3N3O3S. The normalized spacial score (nSPS) is 12.2. The molecule has 1 N–H and O–H groups in total. The number of benzene rings is 3. The van der Waals surface area contributed by atoms with E-state index in [1.165, 1.54) is 0 Å². The molecule has 0 aliphatic carbocycles. The number of methoxy groups -OCH3 is 1. The molecule has 10 heteroatoms. The van der Waals surface area contributed by atoms with Crippen LogP contribution in [0.5, 0.6) is 5.75 Å². The van der Waals surface area contributed by atoms with Gasteiger partial charge in [0.1, 0.15) is 17.1 Å². The van der Waals surface area contributed by atoms with Gasteiger partial charge in [-0.25, -0.2) is 13.4 Å². The number of imidazole rings is 1. The van der Waals surface area contributed by atoms with Gasteiger partial charge in [0.05, 0.1) is 28.8 Å². The summed E-state index contributed by atoms with van der Waals surface area (Å²) in [5, 5.41) is 0. The van der Waals surface area contributed by atoms with Crippen molar-refractivity contribution >= 4 is 26.7 Å². The van der Waals surface area contributed by atoms with Crippen LogP contribution < -0.4 is 9.46 Å². The van der Waals surface area contributed by atoms with Gasteiger partial charge in [0.25, 0.3) is 10.0 Å². The fraction of sp³-hybridized carbons (Fsp3) is 0.240. The third kappa shape index (κ3) is 4.84. The summed E-state index contributed by atoms with van der Waals surface area (Å²) >= 11 is 0. The summed E-state index contributed by atoms with van der Waals surface area (Å²) in [6.07, 6.45) is -4.66. The largest absolute Gasteiger partial charge is 0.497 e. The molecule has 4 rings (SSSR count). The summed E-state index contributed by atoms with van der Waals surface area (Å²) in [4.78, 5) is 4.13. The van der Waals surface area contributed by atoms with Crippen LogP contribution in [0.2, 0.25) is 0 Å². The number of nitrogens with zero attached hydrogens (tertiary/aromatic N) is 2. The molecule has 0 aliphatic rings. The molecule has 3 aromatic carbocycles. The summed E-state index contributed by atoms with van der Waals surface area (Å²) in [5.74, 6) is 1.40. The van der Waals surface area contributed by atoms with Crippen LogP contribution in [0.3, 0.4) is 0 Å². The van der Waals surface area contributed by atoms with E-state index in [0.29, 0.717) is 35.0 Å². The highest BCUT2D eigenvalue weighted by Gasteiger charge is 2.32. The highest BCUT2D eigenvalue weighted by Crippen LogP contribution is 2.34. The Labute approximate surface area is 201 Å². The minimum absolute atomic E-state index is 0.244. The van der Waals surface area contributed by atoms with Gasteiger partial charge < -0.3 is 9.30 Å². The monoisotopic (exact) mass is 503 g/mol. The molecule has 0 aliphatic heterocycles. The third-order valence-corrected chi connectivity index (χ3v) is 7.31. The molecule has 0 saturated heterocycles. The van der Waals surface area contributed by atoms with E-state index in [0.717, 1.165) is 35.1 Å². The van der Waals surface area contributed by atoms with Gasteiger partial charge in [-0.15, -0.1) is 0 Å². The van der Waals surface area contributed by atoms with Crippen LogP contribution in [-0.4, -0.2) is 25.1 Å². The van der Waals surface area contributed by atoms with Gasteiger partial charge >= 0.3 is 6.18 Å². The zero-order chi connectivity index (χ0) is 25.5. The minimum Gasteiger partial charge on any atom is -0.497 e. The van der Waals surface area contributed by atoms with E-state index in [4.69, 9.17) is 4.74 Å². The predicted molar refractivity (Wildman–Crippen MR) is 128 cm³/mol. The van der Waals surface area contributed by atoms with E-state index in [9.17, 15) is 21.6 Å². The molecular weight excluding hydrogens is 479 g/mol. The Morgan fingerprint density at radius 2 is 1.71 bits per heavy atom. The van der Waals surface area contributed by atoms with Crippen LogP contribution in [-0.2, 0) is 22.7 Å². The lowest BCUT2D eigenvalue weighted by Gasteiger charge is -2.15. The first-order chi connectivity index (χ1) is 16.4. The zero-order valence-electron chi connectivity index (χ0n) is 19.6. The molecule has 0 spiro atoms. The van der Waals surface area contributed by atoms with Crippen molar-refractivity contribution in [3.8, 4) is 5.75 Å². The van der Waals surface area contributed by atoms with Crippen molar-refractivity contribution < 1.29 is 26.3 Å². The van der Waals surface area contributed by atoms with E-state index in [2.05, 4.69) is 9.71 Å². The highest BCUT2D eigenvalue weighted by molar-refractivity contribution is 7.92. The van der Waals surface area contributed by atoms with E-state index in [-0.39, 0.29) is 5.69 Å². The first kappa shape index (κ1) is 24.6. The second-order valence-corrected chi connectivity index (χ2v) is 9.97. The van der Waals surface area contributed by atoms with Gasteiger partial charge in [-0.05, 0) is 73.9 Å². The van der Waals surface area contributed by atoms with Crippen molar-refractivity contribution in [2.24, 2.45) is 0 Å². The van der Waals surface area contributed by atoms with Crippen molar-refractivity contribution in [1.29, 1.82) is 0 Å². The molecule has 0 radical (unpaired) electrons. The Kier molecular flexibility index (Phi) is 6.27. The van der Waals surface area contributed by atoms with Crippen LogP contribution in [0.25, 0.3) is 11.0 Å². The third-order valence-electron chi connectivity index (χ3n) is 5.96. The highest BCUT2D eigenvalue weighted by atomic mass is 32.2. The maximum absolute atomic E-state index is 13.1. The van der Waals surface area contributed by atoms with Crippen molar-refractivity contribution in [3.05, 3.63) is 82.7 Å². The number of fused-ring (bicyclic) bond motifs is 1. The summed E-state index contributed by atoms with van der Waals surface area (Å²) < 4.78 is 75.3. The molecule has 0 atom stereocenters. The second kappa shape index (κ2) is 8.92. The van der Waals surface area contributed by atoms with Crippen molar-refractivity contribution in [2.75, 3.05) is 11.8 Å². The Balaban J connectivity index is 1.78. The van der Waals surface area contributed by atoms with E-state index in [1.807, 2.05) is 48.7 Å². The average Bonchev–Trinajstić information content (AvgIpc) is 3.11. The van der Waals surface area contributed by atoms with Crippen LogP contribution >= 0.6 is 0 Å². The number of halogens is 3. The number of nitrogens with one attached hydrogen (secondary N) is 1. The number of sulfonamides is 1. The first-order valence-electron chi connectivity index (χ1n) is 10.7. The summed E-state index contributed by atoms with van der Waals surface area (Å²) in [5.41, 5.74) is 2.80. The molecule has 0 unspecified atom stereocenters. The molecule has 6 nitrogen and oxygen atoms in total. The number of alkyl halides is 3. The fourth-order valence-corrected chi connectivity index (χ4v) is 5.05. The molecule has 184 valence electrons. The smallest absolute Gasteiger partial charge is 0.416 e. The number of aromatic nitrogens is 2. The van der Waals surface area contributed by atoms with Crippen LogP contribution in [0.1, 0.15) is 28.1 Å². The number of rotatable bonds is 6. The van der Waals surface area contributed by atoms with Crippen LogP contribution in [0, 0.1) is 20.8 Å². The predicted octanol–water partition coefficient (Wildman–Crippen LogP) is 5.84. The second-order valence-electron chi connectivity index (χ2n) is 8.29. The van der Waals surface area contributed by atoms with Gasteiger partial charge in [-0.1, -0.05) is 18.2 Å². The Morgan fingerprint density at radius 3 is 2.34 bits per heavy atom. The molecule has 35 heavy (non-hydrogen) atoms. The standard InChI is InChI=1S/C25H24F3N3O3S/c1-15-12-22-24(29-17(3)31(22)14-18-8-10-20(34-4)11-9-18)23(16(15)2)30-35(32,33)21-7-5-6-19(13-21)25(26,27)28/h5-13,30H,14H2,1-4H3. The maximum atomic E-state index is 13.1. The summed E-state index contributed by atoms with van der Waals surface area (Å²) in [6, 6.07) is 13.2. The number of anilines is 1. The van der Waals surface area contributed by atoms with Gasteiger partial charge in [-0.3, -0.25) is 4.72 Å². The molecule has 0 amide bonds. The van der Waals surface area contributed by atoms with E-state index < -0.39 is 26.7 Å². The van der Waals surface area contributed by atoms with E-state index in [1.54, 1.807) is 14.0 Å². The lowest BCUT2D eigenvalue weighted by Crippen LogP contribution is -2.16. The Morgan fingerprint density at radius 1 is 1.03 bits per heavy atom. The average molecular weight is 504 g/mol. The number of hydrogen-bond acceptors (Lipinski definition) is 4. The number of ether oxygens (including phenoxy) is 1. The SMILES string of the molecule is COc1ccc(Cn2c(C)nc3c(NS(=O)(=O)c4cccc(C(F)(F)F)c4)c(C)c(C)cc32)cc1. The topological polar surface area (TPSA) is 73.2 Å². The van der Waals surface area contributed by atoms with Gasteiger partial charge in [0.2, 0.25) is 0 Å². The first-order valence-corrected chi connectivity index (χ1v) is 12.2. The van der Waals surface area contributed by atoms with Crippen molar-refractivity contribution in [2.45, 2.75) is 38.4 Å². The van der Waals surface area contributed by atoms with Crippen LogP contribution in [0.15, 0.2) is 59.5 Å². The van der Waals surface area contributed by atoms with E-state index >= 15 is 0 Å². The lowest BCUT2D eigenvalue weighted by atomic mass is 10.1. The number of aryl methyl sites for hydroxylation is 2. The van der Waals surface area contributed by atoms with Crippen molar-refractivity contribution in [1.82, 2.24) is 9.55 Å². The van der Waals surface area contributed by atoms with Crippen molar-refractivity contribution in [3.63, 3.8) is 0 Å². The zero-order valence-corrected chi connectivity index (χ0v) is 20.4. The van der Waals surface area contributed by atoms with Gasteiger partial charge in [-0.2, -0.15) is 13.2 Å². The maximum Gasteiger partial charge on any atom is 0.416 e. The molecule has 1 aromatic heterocycles. The molecule has 4 aromatic rings. The molecule has 0 fully saturated rings. The molecule has 0 saturated carbocycles. The summed E-state index contributed by atoms with van der Waals surface area (Å²) in [6.45, 7) is 5.90. The molecule has 1 heterocycles. The quantitative estimate of drug-likeness (QED) is 0.359. The van der Waals surface area contributed by atoms with Gasteiger partial charge in [0, 0.05) is 6.54 Å². The number of hydrogen-bond donors (Lipinski definition) is 1. The van der Waals surface area contributed by atoms with Gasteiger partial charge in [0.15, 0.2) is 0 Å². The Bertz CT molecular complexity index is 1510. The molecule has 0 bridgehead atoms. The minimum atomic E-state index is -4.66. The van der Waals surface area contributed by atoms with Crippen LogP contribution in [0.4, 0.5) is 18.9 Å².